The third-order valence-electron chi connectivity index (χ3n) is 4.06. The molecular formula is C15H21NO. The molecule has 1 fully saturated rings. The van der Waals surface area contributed by atoms with Crippen molar-refractivity contribution in [2.75, 3.05) is 6.54 Å². The van der Waals surface area contributed by atoms with Crippen LogP contribution in [0.3, 0.4) is 0 Å². The number of aryl methyl sites for hydroxylation is 1. The molecule has 1 aromatic rings. The second-order valence-electron chi connectivity index (χ2n) is 5.07. The highest BCUT2D eigenvalue weighted by Gasteiger charge is 2.39. The molecule has 2 heteroatoms. The smallest absolute Gasteiger partial charge is 0.170 e. The zero-order valence-corrected chi connectivity index (χ0v) is 10.5. The van der Waals surface area contributed by atoms with Gasteiger partial charge in [-0.25, -0.2) is 0 Å². The predicted molar refractivity (Wildman–Crippen MR) is 70.1 cm³/mol. The minimum absolute atomic E-state index is 0.250. The SMILES string of the molecule is CCc1ccc(C(=O)C2(CN)CCCC2)cc1. The van der Waals surface area contributed by atoms with Crippen molar-refractivity contribution in [1.82, 2.24) is 0 Å². The molecule has 92 valence electrons. The first-order valence-electron chi connectivity index (χ1n) is 6.56. The van der Waals surface area contributed by atoms with Gasteiger partial charge in [-0.2, -0.15) is 0 Å². The number of benzene rings is 1. The Morgan fingerprint density at radius 1 is 1.24 bits per heavy atom. The first-order valence-corrected chi connectivity index (χ1v) is 6.56. The molecule has 0 spiro atoms. The van der Waals surface area contributed by atoms with E-state index >= 15 is 0 Å². The van der Waals surface area contributed by atoms with Gasteiger partial charge in [0.2, 0.25) is 0 Å². The van der Waals surface area contributed by atoms with Crippen molar-refractivity contribution < 1.29 is 4.79 Å². The molecule has 0 bridgehead atoms. The van der Waals surface area contributed by atoms with E-state index < -0.39 is 0 Å². The molecule has 2 rings (SSSR count). The fraction of sp³-hybridized carbons (Fsp3) is 0.533. The van der Waals surface area contributed by atoms with E-state index in [1.165, 1.54) is 5.56 Å². The van der Waals surface area contributed by atoms with Gasteiger partial charge in [0, 0.05) is 17.5 Å². The summed E-state index contributed by atoms with van der Waals surface area (Å²) in [7, 11) is 0. The number of ketones is 1. The third-order valence-corrected chi connectivity index (χ3v) is 4.06. The first-order chi connectivity index (χ1) is 8.22. The van der Waals surface area contributed by atoms with Crippen LogP contribution in [0.1, 0.15) is 48.5 Å². The quantitative estimate of drug-likeness (QED) is 0.810. The monoisotopic (exact) mass is 231 g/mol. The second kappa shape index (κ2) is 5.01. The number of Topliss-reactive ketones (excluding diaryl/α,β-unsaturated/α-hetero) is 1. The van der Waals surface area contributed by atoms with Gasteiger partial charge in [0.05, 0.1) is 0 Å². The van der Waals surface area contributed by atoms with E-state index in [2.05, 4.69) is 6.92 Å². The maximum Gasteiger partial charge on any atom is 0.170 e. The van der Waals surface area contributed by atoms with Gasteiger partial charge in [0.15, 0.2) is 5.78 Å². The van der Waals surface area contributed by atoms with E-state index in [1.807, 2.05) is 24.3 Å². The number of hydrogen-bond donors (Lipinski definition) is 1. The molecule has 0 atom stereocenters. The normalized spacial score (nSPS) is 18.2. The molecule has 0 aromatic heterocycles. The molecule has 0 heterocycles. The summed E-state index contributed by atoms with van der Waals surface area (Å²) in [6.07, 6.45) is 5.19. The Bertz CT molecular complexity index is 388. The molecule has 0 amide bonds. The summed E-state index contributed by atoms with van der Waals surface area (Å²) in [5.74, 6) is 0.250. The van der Waals surface area contributed by atoms with Gasteiger partial charge in [-0.1, -0.05) is 44.0 Å². The highest BCUT2D eigenvalue weighted by atomic mass is 16.1. The zero-order chi connectivity index (χ0) is 12.3. The Morgan fingerprint density at radius 2 is 1.82 bits per heavy atom. The maximum atomic E-state index is 12.5. The predicted octanol–water partition coefficient (Wildman–Crippen LogP) is 2.95. The molecule has 2 N–H and O–H groups in total. The van der Waals surface area contributed by atoms with Crippen molar-refractivity contribution >= 4 is 5.78 Å². The Hall–Kier alpha value is -1.15. The molecule has 1 aliphatic carbocycles. The number of hydrogen-bond acceptors (Lipinski definition) is 2. The van der Waals surface area contributed by atoms with Crippen LogP contribution in [0.15, 0.2) is 24.3 Å². The summed E-state index contributed by atoms with van der Waals surface area (Å²) in [6, 6.07) is 8.01. The molecule has 2 nitrogen and oxygen atoms in total. The van der Waals surface area contributed by atoms with Crippen molar-refractivity contribution in [2.24, 2.45) is 11.1 Å². The van der Waals surface area contributed by atoms with Gasteiger partial charge < -0.3 is 5.73 Å². The van der Waals surface area contributed by atoms with Gasteiger partial charge in [-0.05, 0) is 24.8 Å². The van der Waals surface area contributed by atoms with Gasteiger partial charge in [0.25, 0.3) is 0 Å². The lowest BCUT2D eigenvalue weighted by atomic mass is 9.79. The van der Waals surface area contributed by atoms with E-state index in [1.54, 1.807) is 0 Å². The fourth-order valence-electron chi connectivity index (χ4n) is 2.77. The van der Waals surface area contributed by atoms with Crippen LogP contribution < -0.4 is 5.73 Å². The molecule has 17 heavy (non-hydrogen) atoms. The number of rotatable bonds is 4. The molecular weight excluding hydrogens is 210 g/mol. The van der Waals surface area contributed by atoms with E-state index in [0.717, 1.165) is 37.7 Å². The van der Waals surface area contributed by atoms with Crippen LogP contribution in [-0.2, 0) is 6.42 Å². The number of nitrogens with two attached hydrogens (primary N) is 1. The van der Waals surface area contributed by atoms with Crippen LogP contribution in [0.25, 0.3) is 0 Å². The molecule has 0 radical (unpaired) electrons. The van der Waals surface area contributed by atoms with Crippen LogP contribution in [0.5, 0.6) is 0 Å². The van der Waals surface area contributed by atoms with E-state index in [0.29, 0.717) is 6.54 Å². The summed E-state index contributed by atoms with van der Waals surface area (Å²) in [4.78, 5) is 12.5. The molecule has 1 aromatic carbocycles. The summed E-state index contributed by atoms with van der Waals surface area (Å²) in [5.41, 5.74) is 7.67. The van der Waals surface area contributed by atoms with Crippen molar-refractivity contribution in [3.63, 3.8) is 0 Å². The maximum absolute atomic E-state index is 12.5. The standard InChI is InChI=1S/C15H21NO/c1-2-12-5-7-13(8-6-12)14(17)15(11-16)9-3-4-10-15/h5-8H,2-4,9-11,16H2,1H3. The van der Waals surface area contributed by atoms with E-state index in [9.17, 15) is 4.79 Å². The van der Waals surface area contributed by atoms with Crippen molar-refractivity contribution in [1.29, 1.82) is 0 Å². The van der Waals surface area contributed by atoms with Crippen molar-refractivity contribution in [3.8, 4) is 0 Å². The zero-order valence-electron chi connectivity index (χ0n) is 10.5. The van der Waals surface area contributed by atoms with Gasteiger partial charge in [-0.15, -0.1) is 0 Å². The summed E-state index contributed by atoms with van der Waals surface area (Å²) >= 11 is 0. The van der Waals surface area contributed by atoms with Crippen LogP contribution in [0, 0.1) is 5.41 Å². The van der Waals surface area contributed by atoms with Crippen LogP contribution in [-0.4, -0.2) is 12.3 Å². The summed E-state index contributed by atoms with van der Waals surface area (Å²) < 4.78 is 0. The minimum Gasteiger partial charge on any atom is -0.329 e. The average molecular weight is 231 g/mol. The lowest BCUT2D eigenvalue weighted by molar-refractivity contribution is 0.0810. The lowest BCUT2D eigenvalue weighted by Gasteiger charge is -2.25. The van der Waals surface area contributed by atoms with Crippen molar-refractivity contribution in [2.45, 2.75) is 39.0 Å². The molecule has 1 aliphatic rings. The van der Waals surface area contributed by atoms with Crippen LogP contribution in [0.4, 0.5) is 0 Å². The largest absolute Gasteiger partial charge is 0.329 e. The second-order valence-corrected chi connectivity index (χ2v) is 5.07. The Kier molecular flexibility index (Phi) is 3.63. The van der Waals surface area contributed by atoms with Crippen molar-refractivity contribution in [3.05, 3.63) is 35.4 Å². The highest BCUT2D eigenvalue weighted by molar-refractivity contribution is 6.00. The van der Waals surface area contributed by atoms with Gasteiger partial charge >= 0.3 is 0 Å². The number of carbonyl (C=O) groups is 1. The highest BCUT2D eigenvalue weighted by Crippen LogP contribution is 2.39. The molecule has 0 aliphatic heterocycles. The first kappa shape index (κ1) is 12.3. The molecule has 0 unspecified atom stereocenters. The molecule has 1 saturated carbocycles. The van der Waals surface area contributed by atoms with E-state index in [-0.39, 0.29) is 11.2 Å². The fourth-order valence-corrected chi connectivity index (χ4v) is 2.77. The van der Waals surface area contributed by atoms with Gasteiger partial charge in [0.1, 0.15) is 0 Å². The minimum atomic E-state index is -0.270. The van der Waals surface area contributed by atoms with Crippen LogP contribution >= 0.6 is 0 Å². The Morgan fingerprint density at radius 3 is 2.29 bits per heavy atom. The Balaban J connectivity index is 2.23. The topological polar surface area (TPSA) is 43.1 Å². The summed E-state index contributed by atoms with van der Waals surface area (Å²) in [6.45, 7) is 2.61. The lowest BCUT2D eigenvalue weighted by Crippen LogP contribution is -2.36. The summed E-state index contributed by atoms with van der Waals surface area (Å²) in [5, 5.41) is 0. The van der Waals surface area contributed by atoms with E-state index in [4.69, 9.17) is 5.73 Å². The third kappa shape index (κ3) is 2.27. The average Bonchev–Trinajstić information content (AvgIpc) is 2.88. The van der Waals surface area contributed by atoms with Gasteiger partial charge in [-0.3, -0.25) is 4.79 Å². The van der Waals surface area contributed by atoms with Crippen LogP contribution in [0.2, 0.25) is 0 Å². The number of carbonyl (C=O) groups excluding carboxylic acids is 1. The molecule has 0 saturated heterocycles. The Labute approximate surface area is 103 Å².